The number of furan rings is 1. The second-order valence-corrected chi connectivity index (χ2v) is 8.90. The highest BCUT2D eigenvalue weighted by Gasteiger charge is 2.15. The van der Waals surface area contributed by atoms with Gasteiger partial charge in [0.2, 0.25) is 0 Å². The number of benzene rings is 2. The Kier molecular flexibility index (Phi) is 7.41. The second kappa shape index (κ2) is 10.3. The lowest BCUT2D eigenvalue weighted by Gasteiger charge is -2.09. The maximum absolute atomic E-state index is 12.5. The van der Waals surface area contributed by atoms with E-state index in [9.17, 15) is 4.79 Å². The molecule has 4 aromatic rings. The Bertz CT molecular complexity index is 1280. The van der Waals surface area contributed by atoms with Gasteiger partial charge in [-0.1, -0.05) is 64.1 Å². The van der Waals surface area contributed by atoms with Gasteiger partial charge in [-0.05, 0) is 36.4 Å². The van der Waals surface area contributed by atoms with Gasteiger partial charge in [-0.3, -0.25) is 9.48 Å². The average molecular weight is 546 g/mol. The summed E-state index contributed by atoms with van der Waals surface area (Å²) in [5, 5.41) is 8.97. The third-order valence-corrected chi connectivity index (χ3v) is 5.97. The molecule has 0 fully saturated rings. The zero-order chi connectivity index (χ0) is 23.5. The monoisotopic (exact) mass is 543 g/mol. The minimum atomic E-state index is -0.445. The number of nitrogens with one attached hydrogen (secondary N) is 1. The van der Waals surface area contributed by atoms with Gasteiger partial charge in [0.05, 0.1) is 28.5 Å². The molecule has 1 N–H and O–H groups in total. The first-order valence-electron chi connectivity index (χ1n) is 9.43. The van der Waals surface area contributed by atoms with Crippen LogP contribution in [0.15, 0.2) is 59.3 Å². The molecule has 0 aliphatic rings. The van der Waals surface area contributed by atoms with Gasteiger partial charge in [0, 0.05) is 26.8 Å². The molecule has 2 aromatic carbocycles. The Morgan fingerprint density at radius 2 is 1.70 bits per heavy atom. The molecule has 0 bridgehead atoms. The molecule has 4 rings (SSSR count). The number of anilines is 1. The van der Waals surface area contributed by atoms with Crippen molar-refractivity contribution in [1.82, 2.24) is 9.78 Å². The normalized spacial score (nSPS) is 10.9. The van der Waals surface area contributed by atoms with E-state index in [0.29, 0.717) is 33.1 Å². The van der Waals surface area contributed by atoms with Gasteiger partial charge < -0.3 is 14.5 Å². The summed E-state index contributed by atoms with van der Waals surface area (Å²) in [4.78, 5) is 12.5. The zero-order valence-corrected chi connectivity index (χ0v) is 20.4. The third-order valence-electron chi connectivity index (χ3n) is 4.48. The fourth-order valence-corrected chi connectivity index (χ4v) is 4.38. The van der Waals surface area contributed by atoms with Crippen LogP contribution in [0.4, 0.5) is 5.69 Å². The van der Waals surface area contributed by atoms with Crippen molar-refractivity contribution in [3.8, 4) is 5.75 Å². The number of rotatable bonds is 7. The van der Waals surface area contributed by atoms with Gasteiger partial charge in [0.25, 0.3) is 5.91 Å². The molecule has 33 heavy (non-hydrogen) atoms. The van der Waals surface area contributed by atoms with Crippen molar-refractivity contribution in [2.75, 3.05) is 5.32 Å². The molecule has 0 saturated heterocycles. The van der Waals surface area contributed by atoms with E-state index in [4.69, 9.17) is 67.2 Å². The van der Waals surface area contributed by atoms with Crippen LogP contribution in [0.1, 0.15) is 21.9 Å². The molecule has 6 nitrogen and oxygen atoms in total. The van der Waals surface area contributed by atoms with Crippen molar-refractivity contribution >= 4 is 69.6 Å². The molecular weight excluding hydrogens is 532 g/mol. The van der Waals surface area contributed by atoms with Crippen LogP contribution in [-0.2, 0) is 13.2 Å². The second-order valence-electron chi connectivity index (χ2n) is 6.83. The van der Waals surface area contributed by atoms with E-state index >= 15 is 0 Å². The van der Waals surface area contributed by atoms with E-state index < -0.39 is 5.91 Å². The molecule has 2 heterocycles. The summed E-state index contributed by atoms with van der Waals surface area (Å²) in [7, 11) is 0. The van der Waals surface area contributed by atoms with E-state index in [0.717, 1.165) is 5.56 Å². The standard InChI is InChI=1S/C22H14Cl5N3O3/c23-12-6-18(26)21(19(27)7-12)32-11-14-4-5-20(33-14)22(31)29-13-8-28-30(9-13)10-15-16(24)2-1-3-17(15)25/h1-9H,10-11H2,(H,29,31). The summed E-state index contributed by atoms with van der Waals surface area (Å²) in [6.45, 7) is 0.372. The van der Waals surface area contributed by atoms with E-state index in [-0.39, 0.29) is 28.2 Å². The fourth-order valence-electron chi connectivity index (χ4n) is 2.94. The molecule has 1 amide bonds. The number of ether oxygens (including phenoxy) is 1. The topological polar surface area (TPSA) is 69.3 Å². The lowest BCUT2D eigenvalue weighted by Crippen LogP contribution is -2.10. The molecule has 0 saturated carbocycles. The zero-order valence-electron chi connectivity index (χ0n) is 16.6. The first kappa shape index (κ1) is 23.8. The Labute approximate surface area is 213 Å². The summed E-state index contributed by atoms with van der Waals surface area (Å²) < 4.78 is 12.8. The summed E-state index contributed by atoms with van der Waals surface area (Å²) in [5.74, 6) is 0.338. The SMILES string of the molecule is O=C(Nc1cnn(Cc2c(Cl)cccc2Cl)c1)c1ccc(COc2c(Cl)cc(Cl)cc2Cl)o1. The number of aromatic nitrogens is 2. The van der Waals surface area contributed by atoms with Gasteiger partial charge in [0.15, 0.2) is 11.5 Å². The summed E-state index contributed by atoms with van der Waals surface area (Å²) >= 11 is 30.5. The Hall–Kier alpha value is -2.35. The highest BCUT2D eigenvalue weighted by Crippen LogP contribution is 2.36. The predicted molar refractivity (Wildman–Crippen MR) is 130 cm³/mol. The maximum atomic E-state index is 12.5. The van der Waals surface area contributed by atoms with Crippen molar-refractivity contribution in [3.05, 3.63) is 97.1 Å². The third kappa shape index (κ3) is 5.78. The molecular formula is C22H14Cl5N3O3. The summed E-state index contributed by atoms with van der Waals surface area (Å²) in [6, 6.07) is 11.5. The number of carbonyl (C=O) groups is 1. The molecule has 0 unspecified atom stereocenters. The van der Waals surface area contributed by atoms with Crippen molar-refractivity contribution in [3.63, 3.8) is 0 Å². The molecule has 11 heteroatoms. The minimum absolute atomic E-state index is 0.0187. The van der Waals surface area contributed by atoms with Crippen LogP contribution in [0.25, 0.3) is 0 Å². The number of amides is 1. The fraction of sp³-hybridized carbons (Fsp3) is 0.0909. The number of hydrogen-bond acceptors (Lipinski definition) is 4. The van der Waals surface area contributed by atoms with Crippen LogP contribution in [0, 0.1) is 0 Å². The van der Waals surface area contributed by atoms with E-state index in [1.165, 1.54) is 24.4 Å². The molecule has 0 spiro atoms. The van der Waals surface area contributed by atoms with Gasteiger partial charge in [-0.25, -0.2) is 0 Å². The Balaban J connectivity index is 1.37. The van der Waals surface area contributed by atoms with Gasteiger partial charge >= 0.3 is 0 Å². The van der Waals surface area contributed by atoms with Crippen molar-refractivity contribution in [1.29, 1.82) is 0 Å². The van der Waals surface area contributed by atoms with E-state index in [1.54, 1.807) is 35.1 Å². The summed E-state index contributed by atoms with van der Waals surface area (Å²) in [5.41, 5.74) is 1.22. The highest BCUT2D eigenvalue weighted by atomic mass is 35.5. The van der Waals surface area contributed by atoms with Gasteiger partial charge in [-0.15, -0.1) is 0 Å². The Morgan fingerprint density at radius 3 is 2.39 bits per heavy atom. The van der Waals surface area contributed by atoms with Gasteiger partial charge in [-0.2, -0.15) is 5.10 Å². The lowest BCUT2D eigenvalue weighted by atomic mass is 10.2. The minimum Gasteiger partial charge on any atom is -0.483 e. The number of nitrogens with zero attached hydrogens (tertiary/aromatic N) is 2. The van der Waals surface area contributed by atoms with Crippen molar-refractivity contribution in [2.45, 2.75) is 13.2 Å². The maximum Gasteiger partial charge on any atom is 0.291 e. The van der Waals surface area contributed by atoms with Crippen LogP contribution < -0.4 is 10.1 Å². The van der Waals surface area contributed by atoms with Crippen molar-refractivity contribution in [2.24, 2.45) is 0 Å². The number of hydrogen-bond donors (Lipinski definition) is 1. The molecule has 0 atom stereocenters. The van der Waals surface area contributed by atoms with Crippen LogP contribution in [0.5, 0.6) is 5.75 Å². The highest BCUT2D eigenvalue weighted by molar-refractivity contribution is 6.40. The molecule has 170 valence electrons. The number of halogens is 5. The van der Waals surface area contributed by atoms with E-state index in [1.807, 2.05) is 0 Å². The quantitative estimate of drug-likeness (QED) is 0.259. The Morgan fingerprint density at radius 1 is 1.00 bits per heavy atom. The molecule has 0 aliphatic heterocycles. The lowest BCUT2D eigenvalue weighted by molar-refractivity contribution is 0.0992. The van der Waals surface area contributed by atoms with E-state index in [2.05, 4.69) is 10.4 Å². The van der Waals surface area contributed by atoms with Crippen molar-refractivity contribution < 1.29 is 13.9 Å². The van der Waals surface area contributed by atoms with Crippen LogP contribution in [0.3, 0.4) is 0 Å². The van der Waals surface area contributed by atoms with Crippen LogP contribution in [0.2, 0.25) is 25.1 Å². The first-order valence-corrected chi connectivity index (χ1v) is 11.3. The van der Waals surface area contributed by atoms with Crippen LogP contribution >= 0.6 is 58.0 Å². The molecule has 0 radical (unpaired) electrons. The average Bonchev–Trinajstić information content (AvgIpc) is 3.40. The van der Waals surface area contributed by atoms with Crippen LogP contribution in [-0.4, -0.2) is 15.7 Å². The molecule has 2 aromatic heterocycles. The summed E-state index contributed by atoms with van der Waals surface area (Å²) in [6.07, 6.45) is 3.18. The van der Waals surface area contributed by atoms with Gasteiger partial charge in [0.1, 0.15) is 12.4 Å². The first-order chi connectivity index (χ1) is 15.8. The smallest absolute Gasteiger partial charge is 0.291 e. The molecule has 0 aliphatic carbocycles. The number of carbonyl (C=O) groups excluding carboxylic acids is 1. The predicted octanol–water partition coefficient (Wildman–Crippen LogP) is 7.62. The largest absolute Gasteiger partial charge is 0.483 e.